The van der Waals surface area contributed by atoms with E-state index < -0.39 is 11.8 Å². The van der Waals surface area contributed by atoms with Crippen LogP contribution < -0.4 is 16.2 Å². The first-order valence-corrected chi connectivity index (χ1v) is 9.03. The van der Waals surface area contributed by atoms with Gasteiger partial charge in [0, 0.05) is 16.8 Å². The molecule has 136 valence electrons. The van der Waals surface area contributed by atoms with Gasteiger partial charge < -0.3 is 5.32 Å². The maximum Gasteiger partial charge on any atom is 0.269 e. The fourth-order valence-corrected chi connectivity index (χ4v) is 2.92. The second-order valence-electron chi connectivity index (χ2n) is 5.79. The molecule has 1 heterocycles. The van der Waals surface area contributed by atoms with Crippen molar-refractivity contribution in [2.24, 2.45) is 0 Å². The summed E-state index contributed by atoms with van der Waals surface area (Å²) in [5, 5.41) is 4.55. The molecule has 0 atom stereocenters. The summed E-state index contributed by atoms with van der Waals surface area (Å²) in [4.78, 5) is 37.0. The van der Waals surface area contributed by atoms with Gasteiger partial charge in [0.15, 0.2) is 0 Å². The van der Waals surface area contributed by atoms with Gasteiger partial charge in [0.05, 0.1) is 4.88 Å². The minimum atomic E-state index is -0.484. The molecular formula is C20H17N3O3S. The summed E-state index contributed by atoms with van der Waals surface area (Å²) in [7, 11) is 0. The van der Waals surface area contributed by atoms with Crippen LogP contribution in [0.2, 0.25) is 0 Å². The first kappa shape index (κ1) is 18.3. The number of benzene rings is 2. The lowest BCUT2D eigenvalue weighted by atomic mass is 10.1. The molecule has 3 aromatic rings. The van der Waals surface area contributed by atoms with Gasteiger partial charge in [-0.1, -0.05) is 29.8 Å². The number of hydrazine groups is 1. The summed E-state index contributed by atoms with van der Waals surface area (Å²) in [6.45, 7) is 1.92. The largest absolute Gasteiger partial charge is 0.321 e. The average Bonchev–Trinajstić information content (AvgIpc) is 3.21. The summed E-state index contributed by atoms with van der Waals surface area (Å²) >= 11 is 1.33. The molecule has 0 aliphatic heterocycles. The predicted molar refractivity (Wildman–Crippen MR) is 105 cm³/mol. The molecule has 0 fully saturated rings. The molecule has 1 aromatic heterocycles. The smallest absolute Gasteiger partial charge is 0.269 e. The van der Waals surface area contributed by atoms with Crippen LogP contribution in [0.5, 0.6) is 0 Å². The van der Waals surface area contributed by atoms with E-state index >= 15 is 0 Å². The van der Waals surface area contributed by atoms with E-state index in [1.165, 1.54) is 11.3 Å². The van der Waals surface area contributed by atoms with Crippen molar-refractivity contribution >= 4 is 34.7 Å². The Hall–Kier alpha value is -3.45. The maximum atomic E-state index is 12.3. The standard InChI is InChI=1S/C20H17N3O3S/c1-13-7-9-14(10-8-13)18(24)22-23-19(25)15-4-2-5-16(12-15)21-20(26)17-6-3-11-27-17/h2-12H,1H3,(H,21,26)(H,22,24)(H,23,25). The van der Waals surface area contributed by atoms with Gasteiger partial charge in [0.25, 0.3) is 17.7 Å². The first-order valence-electron chi connectivity index (χ1n) is 8.15. The lowest BCUT2D eigenvalue weighted by Gasteiger charge is -2.09. The number of amides is 3. The van der Waals surface area contributed by atoms with Crippen LogP contribution in [0.1, 0.15) is 36.0 Å². The van der Waals surface area contributed by atoms with E-state index in [1.807, 2.05) is 24.4 Å². The molecule has 0 saturated carbocycles. The monoisotopic (exact) mass is 379 g/mol. The van der Waals surface area contributed by atoms with E-state index in [2.05, 4.69) is 16.2 Å². The van der Waals surface area contributed by atoms with Gasteiger partial charge in [-0.05, 0) is 48.7 Å². The molecule has 7 heteroatoms. The van der Waals surface area contributed by atoms with Gasteiger partial charge in [-0.15, -0.1) is 11.3 Å². The highest BCUT2D eigenvalue weighted by molar-refractivity contribution is 7.12. The summed E-state index contributed by atoms with van der Waals surface area (Å²) in [5.41, 5.74) is 7.03. The number of anilines is 1. The second kappa shape index (κ2) is 8.29. The Morgan fingerprint density at radius 1 is 0.778 bits per heavy atom. The van der Waals surface area contributed by atoms with Crippen molar-refractivity contribution in [2.45, 2.75) is 6.92 Å². The Morgan fingerprint density at radius 2 is 1.48 bits per heavy atom. The van der Waals surface area contributed by atoms with E-state index in [1.54, 1.807) is 48.5 Å². The van der Waals surface area contributed by atoms with Gasteiger partial charge in [-0.3, -0.25) is 25.2 Å². The molecule has 2 aromatic carbocycles. The first-order chi connectivity index (χ1) is 13.0. The van der Waals surface area contributed by atoms with Crippen LogP contribution in [-0.4, -0.2) is 17.7 Å². The molecule has 0 bridgehead atoms. The Labute approximate surface area is 160 Å². The van der Waals surface area contributed by atoms with Crippen LogP contribution >= 0.6 is 11.3 Å². The minimum Gasteiger partial charge on any atom is -0.321 e. The molecule has 0 saturated heterocycles. The van der Waals surface area contributed by atoms with E-state index in [4.69, 9.17) is 0 Å². The van der Waals surface area contributed by atoms with Crippen molar-refractivity contribution in [1.29, 1.82) is 0 Å². The lowest BCUT2D eigenvalue weighted by molar-refractivity contribution is 0.0846. The predicted octanol–water partition coefficient (Wildman–Crippen LogP) is 3.38. The quantitative estimate of drug-likeness (QED) is 0.607. The van der Waals surface area contributed by atoms with E-state index in [9.17, 15) is 14.4 Å². The zero-order valence-electron chi connectivity index (χ0n) is 14.5. The van der Waals surface area contributed by atoms with Crippen LogP contribution in [0, 0.1) is 6.92 Å². The van der Waals surface area contributed by atoms with E-state index in [0.717, 1.165) is 5.56 Å². The molecule has 0 aliphatic carbocycles. The Bertz CT molecular complexity index is 966. The number of rotatable bonds is 4. The number of nitrogens with one attached hydrogen (secondary N) is 3. The summed E-state index contributed by atoms with van der Waals surface area (Å²) in [6, 6.07) is 17.0. The zero-order chi connectivity index (χ0) is 19.2. The maximum absolute atomic E-state index is 12.3. The third-order valence-corrected chi connectivity index (χ3v) is 4.60. The molecule has 0 unspecified atom stereocenters. The van der Waals surface area contributed by atoms with Crippen molar-refractivity contribution < 1.29 is 14.4 Å². The Balaban J connectivity index is 1.60. The SMILES string of the molecule is Cc1ccc(C(=O)NNC(=O)c2cccc(NC(=O)c3cccs3)c2)cc1. The van der Waals surface area contributed by atoms with E-state index in [0.29, 0.717) is 21.7 Å². The highest BCUT2D eigenvalue weighted by atomic mass is 32.1. The van der Waals surface area contributed by atoms with Gasteiger partial charge in [-0.25, -0.2) is 0 Å². The summed E-state index contributed by atoms with van der Waals surface area (Å²) < 4.78 is 0. The van der Waals surface area contributed by atoms with Gasteiger partial charge in [0.1, 0.15) is 0 Å². The van der Waals surface area contributed by atoms with Crippen LogP contribution in [-0.2, 0) is 0 Å². The Morgan fingerprint density at radius 3 is 2.15 bits per heavy atom. The molecule has 3 N–H and O–H groups in total. The van der Waals surface area contributed by atoms with Crippen molar-refractivity contribution in [3.63, 3.8) is 0 Å². The molecule has 6 nitrogen and oxygen atoms in total. The van der Waals surface area contributed by atoms with Gasteiger partial charge in [0.2, 0.25) is 0 Å². The topological polar surface area (TPSA) is 87.3 Å². The number of hydrogen-bond acceptors (Lipinski definition) is 4. The molecule has 3 amide bonds. The van der Waals surface area contributed by atoms with Crippen LogP contribution in [0.4, 0.5) is 5.69 Å². The molecule has 0 spiro atoms. The fourth-order valence-electron chi connectivity index (χ4n) is 2.30. The molecule has 3 rings (SSSR count). The summed E-state index contributed by atoms with van der Waals surface area (Å²) in [6.07, 6.45) is 0. The van der Waals surface area contributed by atoms with Crippen molar-refractivity contribution in [2.75, 3.05) is 5.32 Å². The highest BCUT2D eigenvalue weighted by Gasteiger charge is 2.11. The molecule has 0 radical (unpaired) electrons. The number of carbonyl (C=O) groups excluding carboxylic acids is 3. The van der Waals surface area contributed by atoms with Crippen LogP contribution in [0.15, 0.2) is 66.0 Å². The van der Waals surface area contributed by atoms with Crippen LogP contribution in [0.3, 0.4) is 0 Å². The minimum absolute atomic E-state index is 0.241. The molecule has 27 heavy (non-hydrogen) atoms. The summed E-state index contributed by atoms with van der Waals surface area (Å²) in [5.74, 6) is -1.14. The normalized spacial score (nSPS) is 10.1. The lowest BCUT2D eigenvalue weighted by Crippen LogP contribution is -2.41. The second-order valence-corrected chi connectivity index (χ2v) is 6.73. The number of aryl methyl sites for hydroxylation is 1. The van der Waals surface area contributed by atoms with Crippen molar-refractivity contribution in [3.05, 3.63) is 87.6 Å². The van der Waals surface area contributed by atoms with Gasteiger partial charge in [-0.2, -0.15) is 0 Å². The number of thiophene rings is 1. The number of hydrogen-bond donors (Lipinski definition) is 3. The third kappa shape index (κ3) is 4.80. The average molecular weight is 379 g/mol. The molecule has 0 aliphatic rings. The Kier molecular flexibility index (Phi) is 5.63. The van der Waals surface area contributed by atoms with Crippen molar-refractivity contribution in [1.82, 2.24) is 10.9 Å². The number of carbonyl (C=O) groups is 3. The van der Waals surface area contributed by atoms with Gasteiger partial charge >= 0.3 is 0 Å². The van der Waals surface area contributed by atoms with E-state index in [-0.39, 0.29) is 5.91 Å². The third-order valence-electron chi connectivity index (χ3n) is 3.73. The molecular weight excluding hydrogens is 362 g/mol. The van der Waals surface area contributed by atoms with Crippen molar-refractivity contribution in [3.8, 4) is 0 Å². The zero-order valence-corrected chi connectivity index (χ0v) is 15.3. The fraction of sp³-hybridized carbons (Fsp3) is 0.0500. The van der Waals surface area contributed by atoms with Crippen LogP contribution in [0.25, 0.3) is 0 Å². The highest BCUT2D eigenvalue weighted by Crippen LogP contribution is 2.15.